The highest BCUT2D eigenvalue weighted by Gasteiger charge is 2.16. The van der Waals surface area contributed by atoms with Gasteiger partial charge in [-0.15, -0.1) is 0 Å². The Labute approximate surface area is 115 Å². The van der Waals surface area contributed by atoms with E-state index in [9.17, 15) is 4.79 Å². The van der Waals surface area contributed by atoms with Crippen molar-refractivity contribution < 1.29 is 9.53 Å². The lowest BCUT2D eigenvalue weighted by molar-refractivity contribution is 0.0506. The van der Waals surface area contributed by atoms with E-state index < -0.39 is 0 Å². The zero-order valence-corrected chi connectivity index (χ0v) is 12.3. The summed E-state index contributed by atoms with van der Waals surface area (Å²) < 4.78 is 5.26. The molecular formula is C15H24N2O2. The van der Waals surface area contributed by atoms with E-state index in [0.717, 1.165) is 30.9 Å². The Balaban J connectivity index is 3.11. The van der Waals surface area contributed by atoms with Gasteiger partial charge in [-0.2, -0.15) is 0 Å². The van der Waals surface area contributed by atoms with Crippen LogP contribution in [0.25, 0.3) is 0 Å². The predicted octanol–water partition coefficient (Wildman–Crippen LogP) is 3.14. The molecule has 0 unspecified atom stereocenters. The smallest absolute Gasteiger partial charge is 0.340 e. The molecule has 19 heavy (non-hydrogen) atoms. The first-order valence-electron chi connectivity index (χ1n) is 6.91. The molecule has 0 bridgehead atoms. The van der Waals surface area contributed by atoms with Gasteiger partial charge in [-0.3, -0.25) is 0 Å². The number of rotatable bonds is 7. The van der Waals surface area contributed by atoms with Gasteiger partial charge in [0, 0.05) is 25.8 Å². The molecule has 1 N–H and O–H groups in total. The number of anilines is 2. The van der Waals surface area contributed by atoms with E-state index in [1.165, 1.54) is 0 Å². The molecule has 1 rings (SSSR count). The summed E-state index contributed by atoms with van der Waals surface area (Å²) in [7, 11) is 1.84. The number of hydrogen-bond donors (Lipinski definition) is 1. The Morgan fingerprint density at radius 2 is 1.95 bits per heavy atom. The van der Waals surface area contributed by atoms with Gasteiger partial charge in [-0.05, 0) is 38.5 Å². The standard InChI is InChI=1S/C15H24N2O2/c1-5-10-19-15(18)13-11-12(16-4)8-9-14(13)17(6-2)7-3/h8-9,11,16H,5-7,10H2,1-4H3. The largest absolute Gasteiger partial charge is 0.462 e. The summed E-state index contributed by atoms with van der Waals surface area (Å²) in [6, 6.07) is 5.80. The third kappa shape index (κ3) is 3.88. The molecule has 0 heterocycles. The minimum atomic E-state index is -0.249. The van der Waals surface area contributed by atoms with E-state index >= 15 is 0 Å². The number of nitrogens with one attached hydrogen (secondary N) is 1. The maximum Gasteiger partial charge on any atom is 0.340 e. The van der Waals surface area contributed by atoms with Gasteiger partial charge in [-0.25, -0.2) is 4.79 Å². The average molecular weight is 264 g/mol. The van der Waals surface area contributed by atoms with Crippen molar-refractivity contribution in [2.75, 3.05) is 37.0 Å². The highest BCUT2D eigenvalue weighted by atomic mass is 16.5. The van der Waals surface area contributed by atoms with Crippen LogP contribution in [0.15, 0.2) is 18.2 Å². The molecule has 4 nitrogen and oxygen atoms in total. The monoisotopic (exact) mass is 264 g/mol. The number of nitrogens with zero attached hydrogens (tertiary/aromatic N) is 1. The first-order valence-corrected chi connectivity index (χ1v) is 6.91. The summed E-state index contributed by atoms with van der Waals surface area (Å²) in [5.41, 5.74) is 2.48. The van der Waals surface area contributed by atoms with Crippen LogP contribution in [0, 0.1) is 0 Å². The summed E-state index contributed by atoms with van der Waals surface area (Å²) in [5.74, 6) is -0.249. The topological polar surface area (TPSA) is 41.6 Å². The van der Waals surface area contributed by atoms with E-state index in [1.807, 2.05) is 32.2 Å². The Morgan fingerprint density at radius 3 is 2.47 bits per heavy atom. The van der Waals surface area contributed by atoms with Gasteiger partial charge in [0.1, 0.15) is 0 Å². The van der Waals surface area contributed by atoms with Crippen molar-refractivity contribution in [1.29, 1.82) is 0 Å². The first-order chi connectivity index (χ1) is 9.17. The third-order valence-corrected chi connectivity index (χ3v) is 3.05. The van der Waals surface area contributed by atoms with Crippen LogP contribution in [-0.4, -0.2) is 32.7 Å². The summed E-state index contributed by atoms with van der Waals surface area (Å²) in [4.78, 5) is 14.3. The summed E-state index contributed by atoms with van der Waals surface area (Å²) >= 11 is 0. The fourth-order valence-corrected chi connectivity index (χ4v) is 1.97. The van der Waals surface area contributed by atoms with Gasteiger partial charge >= 0.3 is 5.97 Å². The SMILES string of the molecule is CCCOC(=O)c1cc(NC)ccc1N(CC)CC. The normalized spacial score (nSPS) is 10.1. The molecular weight excluding hydrogens is 240 g/mol. The second kappa shape index (κ2) is 7.67. The van der Waals surface area contributed by atoms with Crippen LogP contribution in [0.1, 0.15) is 37.6 Å². The molecule has 0 amide bonds. The summed E-state index contributed by atoms with van der Waals surface area (Å²) in [6.07, 6.45) is 0.831. The highest BCUT2D eigenvalue weighted by Crippen LogP contribution is 2.25. The van der Waals surface area contributed by atoms with Crippen molar-refractivity contribution in [1.82, 2.24) is 0 Å². The van der Waals surface area contributed by atoms with E-state index in [-0.39, 0.29) is 5.97 Å². The van der Waals surface area contributed by atoms with Crippen LogP contribution >= 0.6 is 0 Å². The summed E-state index contributed by atoms with van der Waals surface area (Å²) in [5, 5.41) is 3.05. The molecule has 0 aromatic heterocycles. The lowest BCUT2D eigenvalue weighted by Crippen LogP contribution is -2.24. The Kier molecular flexibility index (Phi) is 6.19. The van der Waals surface area contributed by atoms with Crippen molar-refractivity contribution in [2.24, 2.45) is 0 Å². The van der Waals surface area contributed by atoms with Crippen molar-refractivity contribution in [3.05, 3.63) is 23.8 Å². The van der Waals surface area contributed by atoms with Gasteiger partial charge in [0.15, 0.2) is 0 Å². The Bertz CT molecular complexity index is 415. The maximum atomic E-state index is 12.2. The van der Waals surface area contributed by atoms with Crippen LogP contribution in [0.4, 0.5) is 11.4 Å². The molecule has 1 aromatic carbocycles. The molecule has 0 aliphatic carbocycles. The number of hydrogen-bond acceptors (Lipinski definition) is 4. The van der Waals surface area contributed by atoms with Crippen molar-refractivity contribution in [3.63, 3.8) is 0 Å². The Hall–Kier alpha value is -1.71. The van der Waals surface area contributed by atoms with Gasteiger partial charge in [0.25, 0.3) is 0 Å². The molecule has 1 aromatic rings. The predicted molar refractivity (Wildman–Crippen MR) is 80.1 cm³/mol. The molecule has 0 radical (unpaired) electrons. The molecule has 106 valence electrons. The fraction of sp³-hybridized carbons (Fsp3) is 0.533. The summed E-state index contributed by atoms with van der Waals surface area (Å²) in [6.45, 7) is 8.34. The van der Waals surface area contributed by atoms with Gasteiger partial charge in [0.2, 0.25) is 0 Å². The minimum Gasteiger partial charge on any atom is -0.462 e. The second-order valence-corrected chi connectivity index (χ2v) is 4.29. The minimum absolute atomic E-state index is 0.249. The van der Waals surface area contributed by atoms with E-state index in [4.69, 9.17) is 4.74 Å². The van der Waals surface area contributed by atoms with E-state index in [1.54, 1.807) is 0 Å². The number of ether oxygens (including phenoxy) is 1. The van der Waals surface area contributed by atoms with Crippen molar-refractivity contribution >= 4 is 17.3 Å². The van der Waals surface area contributed by atoms with Gasteiger partial charge < -0.3 is 15.0 Å². The first kappa shape index (κ1) is 15.3. The molecule has 0 aliphatic rings. The third-order valence-electron chi connectivity index (χ3n) is 3.05. The number of benzene rings is 1. The molecule has 0 spiro atoms. The Morgan fingerprint density at radius 1 is 1.26 bits per heavy atom. The molecule has 0 fully saturated rings. The number of esters is 1. The quantitative estimate of drug-likeness (QED) is 0.768. The van der Waals surface area contributed by atoms with Crippen molar-refractivity contribution in [2.45, 2.75) is 27.2 Å². The average Bonchev–Trinajstić information content (AvgIpc) is 2.46. The van der Waals surface area contributed by atoms with Crippen LogP contribution in [0.2, 0.25) is 0 Å². The number of carbonyl (C=O) groups is 1. The molecule has 0 saturated carbocycles. The van der Waals surface area contributed by atoms with Gasteiger partial charge in [-0.1, -0.05) is 6.92 Å². The zero-order valence-electron chi connectivity index (χ0n) is 12.3. The lowest BCUT2D eigenvalue weighted by Gasteiger charge is -2.24. The molecule has 0 atom stereocenters. The van der Waals surface area contributed by atoms with E-state index in [0.29, 0.717) is 12.2 Å². The van der Waals surface area contributed by atoms with Gasteiger partial charge in [0.05, 0.1) is 17.9 Å². The molecule has 0 aliphatic heterocycles. The number of carbonyl (C=O) groups excluding carboxylic acids is 1. The molecule has 0 saturated heterocycles. The highest BCUT2D eigenvalue weighted by molar-refractivity contribution is 5.97. The second-order valence-electron chi connectivity index (χ2n) is 4.29. The van der Waals surface area contributed by atoms with Crippen LogP contribution < -0.4 is 10.2 Å². The van der Waals surface area contributed by atoms with Crippen LogP contribution in [0.3, 0.4) is 0 Å². The molecule has 4 heteroatoms. The zero-order chi connectivity index (χ0) is 14.3. The van der Waals surface area contributed by atoms with Crippen molar-refractivity contribution in [3.8, 4) is 0 Å². The fourth-order valence-electron chi connectivity index (χ4n) is 1.97. The maximum absolute atomic E-state index is 12.2. The van der Waals surface area contributed by atoms with Crippen LogP contribution in [-0.2, 0) is 4.74 Å². The van der Waals surface area contributed by atoms with Crippen LogP contribution in [0.5, 0.6) is 0 Å². The lowest BCUT2D eigenvalue weighted by atomic mass is 10.1. The van der Waals surface area contributed by atoms with E-state index in [2.05, 4.69) is 24.1 Å².